The molecule has 0 bridgehead atoms. The summed E-state index contributed by atoms with van der Waals surface area (Å²) in [6.45, 7) is 5.41. The van der Waals surface area contributed by atoms with Crippen LogP contribution in [0.1, 0.15) is 19.8 Å². The molecule has 2 aliphatic heterocycles. The zero-order chi connectivity index (χ0) is 13.7. The van der Waals surface area contributed by atoms with E-state index in [1.165, 1.54) is 25.9 Å². The molecule has 0 spiro atoms. The quantitative estimate of drug-likeness (QED) is 0.783. The van der Waals surface area contributed by atoms with Gasteiger partial charge in [0.05, 0.1) is 5.70 Å². The molecule has 0 aliphatic carbocycles. The standard InChI is InChI=1S/C15H24N4/c1-13-5-6-15(12-18(13)2)17-10-14(9-16)11-19-7-3-4-8-19/h5-6,9-10,12-13H,3-4,7-8,11,16H2,1-2H3/b14-9+,17-10?. The Hall–Kier alpha value is -1.55. The number of aliphatic imine (C=N–C) groups is 1. The smallest absolute Gasteiger partial charge is 0.0785 e. The van der Waals surface area contributed by atoms with Gasteiger partial charge in [-0.2, -0.15) is 0 Å². The van der Waals surface area contributed by atoms with Crippen LogP contribution in [0.2, 0.25) is 0 Å². The Morgan fingerprint density at radius 2 is 2.21 bits per heavy atom. The average Bonchev–Trinajstić information content (AvgIpc) is 2.91. The molecule has 1 fully saturated rings. The predicted octanol–water partition coefficient (Wildman–Crippen LogP) is 1.73. The Bertz CT molecular complexity index is 414. The van der Waals surface area contributed by atoms with Crippen molar-refractivity contribution in [3.63, 3.8) is 0 Å². The van der Waals surface area contributed by atoms with Crippen LogP contribution >= 0.6 is 0 Å². The van der Waals surface area contributed by atoms with Gasteiger partial charge in [0.25, 0.3) is 0 Å². The molecule has 1 saturated heterocycles. The second-order valence-electron chi connectivity index (χ2n) is 5.30. The lowest BCUT2D eigenvalue weighted by Gasteiger charge is -2.23. The van der Waals surface area contributed by atoms with Gasteiger partial charge in [0.2, 0.25) is 0 Å². The molecule has 1 atom stereocenters. The van der Waals surface area contributed by atoms with Crippen molar-refractivity contribution in [2.45, 2.75) is 25.8 Å². The van der Waals surface area contributed by atoms with Gasteiger partial charge in [-0.1, -0.05) is 6.08 Å². The number of rotatable bonds is 4. The highest BCUT2D eigenvalue weighted by Gasteiger charge is 2.12. The van der Waals surface area contributed by atoms with Gasteiger partial charge in [0, 0.05) is 32.0 Å². The minimum absolute atomic E-state index is 0.438. The average molecular weight is 260 g/mol. The molecule has 4 nitrogen and oxygen atoms in total. The van der Waals surface area contributed by atoms with Crippen LogP contribution in [0.5, 0.6) is 0 Å². The lowest BCUT2D eigenvalue weighted by Crippen LogP contribution is -2.24. The summed E-state index contributed by atoms with van der Waals surface area (Å²) in [4.78, 5) is 9.09. The summed E-state index contributed by atoms with van der Waals surface area (Å²) in [5, 5.41) is 0. The van der Waals surface area contributed by atoms with Crippen LogP contribution in [-0.2, 0) is 0 Å². The van der Waals surface area contributed by atoms with E-state index in [0.29, 0.717) is 6.04 Å². The molecule has 1 unspecified atom stereocenters. The van der Waals surface area contributed by atoms with Crippen LogP contribution < -0.4 is 5.73 Å². The number of nitrogens with two attached hydrogens (primary N) is 1. The van der Waals surface area contributed by atoms with Crippen molar-refractivity contribution in [2.75, 3.05) is 26.7 Å². The number of likely N-dealkylation sites (tertiary alicyclic amines) is 1. The molecule has 0 aromatic carbocycles. The lowest BCUT2D eigenvalue weighted by molar-refractivity contribution is 0.373. The lowest BCUT2D eigenvalue weighted by atomic mass is 10.2. The summed E-state index contributed by atoms with van der Waals surface area (Å²) in [5.41, 5.74) is 7.74. The third-order valence-corrected chi connectivity index (χ3v) is 3.72. The van der Waals surface area contributed by atoms with E-state index in [0.717, 1.165) is 17.8 Å². The molecule has 2 N–H and O–H groups in total. The van der Waals surface area contributed by atoms with E-state index in [1.807, 2.05) is 6.21 Å². The van der Waals surface area contributed by atoms with E-state index in [1.54, 1.807) is 6.20 Å². The molecular weight excluding hydrogens is 236 g/mol. The number of nitrogens with zero attached hydrogens (tertiary/aromatic N) is 3. The summed E-state index contributed by atoms with van der Waals surface area (Å²) < 4.78 is 0. The highest BCUT2D eigenvalue weighted by atomic mass is 15.1. The number of hydrogen-bond acceptors (Lipinski definition) is 4. The number of allylic oxidation sites excluding steroid dienone is 1. The highest BCUT2D eigenvalue weighted by molar-refractivity contribution is 5.80. The Balaban J connectivity index is 1.93. The Morgan fingerprint density at radius 1 is 1.47 bits per heavy atom. The summed E-state index contributed by atoms with van der Waals surface area (Å²) in [6.07, 6.45) is 12.4. The second-order valence-corrected chi connectivity index (χ2v) is 5.30. The van der Waals surface area contributed by atoms with Crippen LogP contribution in [0.15, 0.2) is 40.8 Å². The minimum Gasteiger partial charge on any atom is -0.404 e. The molecule has 104 valence electrons. The van der Waals surface area contributed by atoms with E-state index in [-0.39, 0.29) is 0 Å². The molecule has 4 heteroatoms. The van der Waals surface area contributed by atoms with E-state index in [4.69, 9.17) is 5.73 Å². The molecule has 0 aromatic rings. The molecule has 2 rings (SSSR count). The van der Waals surface area contributed by atoms with Crippen LogP contribution in [0, 0.1) is 0 Å². The van der Waals surface area contributed by atoms with Crippen LogP contribution in [0.3, 0.4) is 0 Å². The van der Waals surface area contributed by atoms with Gasteiger partial charge >= 0.3 is 0 Å². The van der Waals surface area contributed by atoms with Gasteiger partial charge in [0.15, 0.2) is 0 Å². The summed E-state index contributed by atoms with van der Waals surface area (Å²) in [5.74, 6) is 0. The molecule has 0 amide bonds. The Labute approximate surface area is 116 Å². The molecule has 2 heterocycles. The maximum atomic E-state index is 5.69. The molecule has 19 heavy (non-hydrogen) atoms. The van der Waals surface area contributed by atoms with Crippen molar-refractivity contribution in [1.29, 1.82) is 0 Å². The van der Waals surface area contributed by atoms with Gasteiger partial charge < -0.3 is 10.6 Å². The first-order valence-corrected chi connectivity index (χ1v) is 6.98. The fourth-order valence-electron chi connectivity index (χ4n) is 2.31. The van der Waals surface area contributed by atoms with Crippen molar-refractivity contribution in [2.24, 2.45) is 10.7 Å². The topological polar surface area (TPSA) is 44.9 Å². The second kappa shape index (κ2) is 6.57. The Morgan fingerprint density at radius 3 is 2.84 bits per heavy atom. The van der Waals surface area contributed by atoms with Gasteiger partial charge in [-0.05, 0) is 50.7 Å². The number of hydrogen-bond donors (Lipinski definition) is 1. The summed E-state index contributed by atoms with van der Waals surface area (Å²) in [6, 6.07) is 0.438. The maximum absolute atomic E-state index is 5.69. The minimum atomic E-state index is 0.438. The van der Waals surface area contributed by atoms with Crippen LogP contribution in [0.4, 0.5) is 0 Å². The molecular formula is C15H24N4. The van der Waals surface area contributed by atoms with E-state index < -0.39 is 0 Å². The van der Waals surface area contributed by atoms with Gasteiger partial charge in [-0.25, -0.2) is 0 Å². The van der Waals surface area contributed by atoms with E-state index in [9.17, 15) is 0 Å². The largest absolute Gasteiger partial charge is 0.404 e. The normalized spacial score (nSPS) is 25.4. The van der Waals surface area contributed by atoms with Crippen molar-refractivity contribution in [3.8, 4) is 0 Å². The van der Waals surface area contributed by atoms with E-state index in [2.05, 4.69) is 47.1 Å². The zero-order valence-corrected chi connectivity index (χ0v) is 11.9. The van der Waals surface area contributed by atoms with Gasteiger partial charge in [-0.3, -0.25) is 9.89 Å². The molecule has 0 radical (unpaired) electrons. The fraction of sp³-hybridized carbons (Fsp3) is 0.533. The molecule has 0 saturated carbocycles. The maximum Gasteiger partial charge on any atom is 0.0785 e. The zero-order valence-electron chi connectivity index (χ0n) is 11.9. The molecule has 2 aliphatic rings. The van der Waals surface area contributed by atoms with Crippen LogP contribution in [-0.4, -0.2) is 48.7 Å². The van der Waals surface area contributed by atoms with Gasteiger partial charge in [-0.15, -0.1) is 0 Å². The van der Waals surface area contributed by atoms with Crippen molar-refractivity contribution >= 4 is 6.21 Å². The van der Waals surface area contributed by atoms with Gasteiger partial charge in [0.1, 0.15) is 0 Å². The highest BCUT2D eigenvalue weighted by Crippen LogP contribution is 2.13. The monoisotopic (exact) mass is 260 g/mol. The fourth-order valence-corrected chi connectivity index (χ4v) is 2.31. The van der Waals surface area contributed by atoms with Crippen molar-refractivity contribution in [1.82, 2.24) is 9.80 Å². The van der Waals surface area contributed by atoms with Crippen molar-refractivity contribution < 1.29 is 0 Å². The molecule has 0 aromatic heterocycles. The third kappa shape index (κ3) is 3.96. The van der Waals surface area contributed by atoms with Crippen LogP contribution in [0.25, 0.3) is 0 Å². The summed E-state index contributed by atoms with van der Waals surface area (Å²) in [7, 11) is 2.06. The first kappa shape index (κ1) is 13.9. The third-order valence-electron chi connectivity index (χ3n) is 3.72. The number of likely N-dealkylation sites (N-methyl/N-ethyl adjacent to an activating group) is 1. The Kier molecular flexibility index (Phi) is 4.80. The van der Waals surface area contributed by atoms with Crippen molar-refractivity contribution in [3.05, 3.63) is 35.8 Å². The first-order chi connectivity index (χ1) is 9.19. The predicted molar refractivity (Wildman–Crippen MR) is 80.9 cm³/mol. The van der Waals surface area contributed by atoms with E-state index >= 15 is 0 Å². The first-order valence-electron chi connectivity index (χ1n) is 6.98. The SMILES string of the molecule is CC1C=CC(N=C/C(=C\N)CN2CCCC2)=CN1C. The summed E-state index contributed by atoms with van der Waals surface area (Å²) >= 11 is 0.